The first-order valence-electron chi connectivity index (χ1n) is 8.44. The second-order valence-corrected chi connectivity index (χ2v) is 6.15. The number of benzene rings is 1. The van der Waals surface area contributed by atoms with Crippen LogP contribution in [-0.2, 0) is 11.3 Å². The number of hydrogen-bond donors (Lipinski definition) is 0. The van der Waals surface area contributed by atoms with Crippen LogP contribution < -0.4 is 0 Å². The van der Waals surface area contributed by atoms with Crippen LogP contribution in [0, 0.1) is 5.82 Å². The average molecular weight is 326 g/mol. The van der Waals surface area contributed by atoms with E-state index in [1.165, 1.54) is 12.1 Å². The number of halogens is 1. The molecular formula is C20H23FN2O. The number of hydrogen-bond acceptors (Lipinski definition) is 3. The van der Waals surface area contributed by atoms with Crippen molar-refractivity contribution in [3.63, 3.8) is 0 Å². The average Bonchev–Trinajstić information content (AvgIpc) is 2.63. The highest BCUT2D eigenvalue weighted by molar-refractivity contribution is 5.48. The normalized spacial score (nSPS) is 19.0. The van der Waals surface area contributed by atoms with E-state index in [0.29, 0.717) is 6.61 Å². The zero-order valence-corrected chi connectivity index (χ0v) is 13.8. The standard InChI is InChI=1S/C20H23FN2O/c21-19-9-7-17(8-10-19)5-2-12-23-13-3-6-20(15-23)24-16-18-4-1-11-22-14-18/h1-2,4-5,7-11,14,20H,3,6,12-13,15-16H2/b5-2+/t20-/m1/s1. The monoisotopic (exact) mass is 326 g/mol. The van der Waals surface area contributed by atoms with Crippen molar-refractivity contribution >= 4 is 6.08 Å². The van der Waals surface area contributed by atoms with Gasteiger partial charge in [0.1, 0.15) is 5.82 Å². The molecule has 2 heterocycles. The molecule has 126 valence electrons. The smallest absolute Gasteiger partial charge is 0.123 e. The fourth-order valence-electron chi connectivity index (χ4n) is 2.92. The lowest BCUT2D eigenvalue weighted by molar-refractivity contribution is -0.00716. The van der Waals surface area contributed by atoms with Crippen molar-refractivity contribution in [3.8, 4) is 0 Å². The van der Waals surface area contributed by atoms with Crippen LogP contribution >= 0.6 is 0 Å². The molecule has 0 bridgehead atoms. The van der Waals surface area contributed by atoms with E-state index in [0.717, 1.165) is 43.6 Å². The maximum Gasteiger partial charge on any atom is 0.123 e. The molecule has 0 unspecified atom stereocenters. The Hall–Kier alpha value is -2.04. The van der Waals surface area contributed by atoms with E-state index >= 15 is 0 Å². The Labute approximate surface area is 142 Å². The molecule has 4 heteroatoms. The zero-order chi connectivity index (χ0) is 16.6. The molecule has 3 nitrogen and oxygen atoms in total. The topological polar surface area (TPSA) is 25.4 Å². The van der Waals surface area contributed by atoms with Gasteiger partial charge in [-0.15, -0.1) is 0 Å². The molecule has 0 saturated carbocycles. The Morgan fingerprint density at radius 2 is 2.12 bits per heavy atom. The summed E-state index contributed by atoms with van der Waals surface area (Å²) in [6, 6.07) is 10.5. The summed E-state index contributed by atoms with van der Waals surface area (Å²) in [5, 5.41) is 0. The predicted octanol–water partition coefficient (Wildman–Crippen LogP) is 3.92. The minimum absolute atomic E-state index is 0.197. The largest absolute Gasteiger partial charge is 0.372 e. The molecule has 24 heavy (non-hydrogen) atoms. The van der Waals surface area contributed by atoms with Gasteiger partial charge in [0.2, 0.25) is 0 Å². The third kappa shape index (κ3) is 5.25. The number of ether oxygens (including phenoxy) is 1. The summed E-state index contributed by atoms with van der Waals surface area (Å²) in [6.45, 7) is 3.57. The predicted molar refractivity (Wildman–Crippen MR) is 93.9 cm³/mol. The molecule has 0 radical (unpaired) electrons. The Kier molecular flexibility index (Phi) is 6.10. The molecule has 1 aromatic heterocycles. The molecule has 1 aliphatic heterocycles. The highest BCUT2D eigenvalue weighted by Crippen LogP contribution is 2.15. The fraction of sp³-hybridized carbons (Fsp3) is 0.350. The van der Waals surface area contributed by atoms with Gasteiger partial charge >= 0.3 is 0 Å². The van der Waals surface area contributed by atoms with E-state index in [-0.39, 0.29) is 11.9 Å². The highest BCUT2D eigenvalue weighted by atomic mass is 19.1. The van der Waals surface area contributed by atoms with Crippen molar-refractivity contribution < 1.29 is 9.13 Å². The summed E-state index contributed by atoms with van der Waals surface area (Å²) >= 11 is 0. The third-order valence-corrected chi connectivity index (χ3v) is 4.21. The molecule has 1 atom stereocenters. The van der Waals surface area contributed by atoms with Crippen LogP contribution in [-0.4, -0.2) is 35.6 Å². The first kappa shape index (κ1) is 16.8. The molecule has 0 N–H and O–H groups in total. The van der Waals surface area contributed by atoms with Crippen molar-refractivity contribution in [1.82, 2.24) is 9.88 Å². The summed E-state index contributed by atoms with van der Waals surface area (Å²) in [4.78, 5) is 6.52. The van der Waals surface area contributed by atoms with Gasteiger partial charge in [-0.2, -0.15) is 0 Å². The van der Waals surface area contributed by atoms with Gasteiger partial charge in [-0.05, 0) is 48.7 Å². The molecule has 1 fully saturated rings. The van der Waals surface area contributed by atoms with Gasteiger partial charge in [0.05, 0.1) is 12.7 Å². The number of piperidine rings is 1. The lowest BCUT2D eigenvalue weighted by atomic mass is 10.1. The van der Waals surface area contributed by atoms with Gasteiger partial charge < -0.3 is 4.74 Å². The van der Waals surface area contributed by atoms with Gasteiger partial charge in [0.25, 0.3) is 0 Å². The van der Waals surface area contributed by atoms with Crippen molar-refractivity contribution in [1.29, 1.82) is 0 Å². The molecule has 1 saturated heterocycles. The Morgan fingerprint density at radius 1 is 1.25 bits per heavy atom. The minimum Gasteiger partial charge on any atom is -0.372 e. The molecule has 1 aromatic carbocycles. The van der Waals surface area contributed by atoms with Crippen LogP contribution in [0.4, 0.5) is 4.39 Å². The van der Waals surface area contributed by atoms with Crippen LogP contribution in [0.1, 0.15) is 24.0 Å². The van der Waals surface area contributed by atoms with Crippen LogP contribution in [0.25, 0.3) is 6.08 Å². The third-order valence-electron chi connectivity index (χ3n) is 4.21. The van der Waals surface area contributed by atoms with E-state index in [4.69, 9.17) is 4.74 Å². The zero-order valence-electron chi connectivity index (χ0n) is 13.8. The quantitative estimate of drug-likeness (QED) is 0.804. The first-order valence-corrected chi connectivity index (χ1v) is 8.44. The molecule has 0 spiro atoms. The minimum atomic E-state index is -0.197. The summed E-state index contributed by atoms with van der Waals surface area (Å²) < 4.78 is 18.9. The first-order chi connectivity index (χ1) is 11.8. The van der Waals surface area contributed by atoms with Gasteiger partial charge in [0.15, 0.2) is 0 Å². The Bertz CT molecular complexity index is 642. The van der Waals surface area contributed by atoms with E-state index in [1.807, 2.05) is 24.4 Å². The Balaban J connectivity index is 1.44. The van der Waals surface area contributed by atoms with Gasteiger partial charge in [-0.1, -0.05) is 30.4 Å². The second-order valence-electron chi connectivity index (χ2n) is 6.15. The van der Waals surface area contributed by atoms with E-state index in [1.54, 1.807) is 18.3 Å². The second kappa shape index (κ2) is 8.71. The molecule has 3 rings (SSSR count). The van der Waals surface area contributed by atoms with Crippen LogP contribution in [0.15, 0.2) is 54.9 Å². The SMILES string of the molecule is Fc1ccc(/C=C/CN2CCC[C@@H](OCc3cccnc3)C2)cc1. The lowest BCUT2D eigenvalue weighted by Crippen LogP contribution is -2.39. The summed E-state index contributed by atoms with van der Waals surface area (Å²) in [5.41, 5.74) is 2.14. The molecule has 2 aromatic rings. The van der Waals surface area contributed by atoms with E-state index in [2.05, 4.69) is 16.0 Å². The summed E-state index contributed by atoms with van der Waals surface area (Å²) in [5.74, 6) is -0.197. The molecule has 0 amide bonds. The fourth-order valence-corrected chi connectivity index (χ4v) is 2.92. The number of aromatic nitrogens is 1. The van der Waals surface area contributed by atoms with Gasteiger partial charge in [-0.3, -0.25) is 9.88 Å². The number of likely N-dealkylation sites (tertiary alicyclic amines) is 1. The number of rotatable bonds is 6. The lowest BCUT2D eigenvalue weighted by Gasteiger charge is -2.31. The van der Waals surface area contributed by atoms with Crippen molar-refractivity contribution in [2.24, 2.45) is 0 Å². The van der Waals surface area contributed by atoms with Crippen molar-refractivity contribution in [2.75, 3.05) is 19.6 Å². The Morgan fingerprint density at radius 3 is 2.92 bits per heavy atom. The van der Waals surface area contributed by atoms with Crippen LogP contribution in [0.5, 0.6) is 0 Å². The highest BCUT2D eigenvalue weighted by Gasteiger charge is 2.19. The molecule has 1 aliphatic rings. The van der Waals surface area contributed by atoms with Crippen LogP contribution in [0.2, 0.25) is 0 Å². The molecule has 0 aliphatic carbocycles. The maximum absolute atomic E-state index is 12.9. The maximum atomic E-state index is 12.9. The molecular weight excluding hydrogens is 303 g/mol. The van der Waals surface area contributed by atoms with Crippen molar-refractivity contribution in [2.45, 2.75) is 25.6 Å². The van der Waals surface area contributed by atoms with Crippen LogP contribution in [0.3, 0.4) is 0 Å². The van der Waals surface area contributed by atoms with E-state index < -0.39 is 0 Å². The number of pyridine rings is 1. The van der Waals surface area contributed by atoms with E-state index in [9.17, 15) is 4.39 Å². The van der Waals surface area contributed by atoms with Gasteiger partial charge in [-0.25, -0.2) is 4.39 Å². The summed E-state index contributed by atoms with van der Waals surface area (Å²) in [6.07, 6.45) is 10.3. The van der Waals surface area contributed by atoms with Gasteiger partial charge in [0, 0.05) is 25.5 Å². The van der Waals surface area contributed by atoms with Crippen molar-refractivity contribution in [3.05, 3.63) is 71.8 Å². The number of nitrogens with zero attached hydrogens (tertiary/aromatic N) is 2. The summed E-state index contributed by atoms with van der Waals surface area (Å²) in [7, 11) is 0.